The summed E-state index contributed by atoms with van der Waals surface area (Å²) in [6.45, 7) is 5.01. The maximum Gasteiger partial charge on any atom is 0.245 e. The van der Waals surface area contributed by atoms with E-state index in [0.717, 1.165) is 35.3 Å². The number of aromatic nitrogens is 5. The van der Waals surface area contributed by atoms with Crippen molar-refractivity contribution in [2.45, 2.75) is 38.6 Å². The fourth-order valence-electron chi connectivity index (χ4n) is 4.30. The van der Waals surface area contributed by atoms with Gasteiger partial charge in [0, 0.05) is 30.1 Å². The predicted molar refractivity (Wildman–Crippen MR) is 132 cm³/mol. The van der Waals surface area contributed by atoms with Gasteiger partial charge in [0.1, 0.15) is 5.82 Å². The number of rotatable bonds is 6. The van der Waals surface area contributed by atoms with E-state index in [0.29, 0.717) is 24.2 Å². The van der Waals surface area contributed by atoms with Crippen molar-refractivity contribution < 1.29 is 4.79 Å². The Hall–Kier alpha value is -3.85. The molecule has 0 aromatic carbocycles. The molecule has 9 nitrogen and oxygen atoms in total. The minimum absolute atomic E-state index is 0.0637. The molecule has 4 aromatic rings. The normalized spacial score (nSPS) is 16.4. The molecular formula is C25H28N8O. The molecule has 9 heteroatoms. The van der Waals surface area contributed by atoms with Crippen molar-refractivity contribution in [3.8, 4) is 11.3 Å². The molecule has 1 saturated heterocycles. The van der Waals surface area contributed by atoms with E-state index in [-0.39, 0.29) is 11.9 Å². The summed E-state index contributed by atoms with van der Waals surface area (Å²) < 4.78 is 1.89. The average molecular weight is 457 g/mol. The Bertz CT molecular complexity index is 1310. The zero-order valence-corrected chi connectivity index (χ0v) is 19.6. The summed E-state index contributed by atoms with van der Waals surface area (Å²) in [4.78, 5) is 27.9. The number of nitrogens with zero attached hydrogens (tertiary/aromatic N) is 6. The fraction of sp³-hybridized carbons (Fsp3) is 0.320. The second kappa shape index (κ2) is 9.18. The van der Waals surface area contributed by atoms with Crippen molar-refractivity contribution in [3.05, 3.63) is 60.7 Å². The first-order chi connectivity index (χ1) is 16.5. The van der Waals surface area contributed by atoms with Gasteiger partial charge in [0.25, 0.3) is 0 Å². The van der Waals surface area contributed by atoms with Gasteiger partial charge in [-0.1, -0.05) is 13.8 Å². The van der Waals surface area contributed by atoms with Crippen molar-refractivity contribution in [2.24, 2.45) is 0 Å². The average Bonchev–Trinajstić information content (AvgIpc) is 3.29. The SMILES string of the molecule is CNC1CCCN(c2ccc(Nc3nccc(-c4ccn5ncc(C(C)C)c5c4)n3)cn2)C1=O. The third-order valence-corrected chi connectivity index (χ3v) is 6.19. The molecule has 5 heterocycles. The smallest absolute Gasteiger partial charge is 0.245 e. The van der Waals surface area contributed by atoms with Gasteiger partial charge in [-0.3, -0.25) is 9.69 Å². The van der Waals surface area contributed by atoms with Crippen LogP contribution in [-0.2, 0) is 4.79 Å². The molecule has 1 aliphatic rings. The Balaban J connectivity index is 1.35. The number of piperidine rings is 1. The fourth-order valence-corrected chi connectivity index (χ4v) is 4.30. The molecule has 1 amide bonds. The standard InChI is InChI=1S/C25H28N8O/c1-16(2)19-15-29-33-12-9-17(13-22(19)33)20-8-10-27-25(31-20)30-18-6-7-23(28-14-18)32-11-4-5-21(26-3)24(32)34/h6-10,12-16,21,26H,4-5,11H2,1-3H3,(H,27,30,31). The number of amides is 1. The lowest BCUT2D eigenvalue weighted by Crippen LogP contribution is -2.50. The summed E-state index contributed by atoms with van der Waals surface area (Å²) in [5, 5.41) is 10.7. The molecular weight excluding hydrogens is 428 g/mol. The van der Waals surface area contributed by atoms with E-state index in [2.05, 4.69) is 45.6 Å². The molecule has 0 saturated carbocycles. The van der Waals surface area contributed by atoms with Gasteiger partial charge in [0.2, 0.25) is 11.9 Å². The Labute approximate surface area is 198 Å². The van der Waals surface area contributed by atoms with Crippen molar-refractivity contribution in [3.63, 3.8) is 0 Å². The summed E-state index contributed by atoms with van der Waals surface area (Å²) in [5.41, 5.74) is 4.85. The van der Waals surface area contributed by atoms with E-state index in [9.17, 15) is 4.79 Å². The molecule has 0 aliphatic carbocycles. The van der Waals surface area contributed by atoms with Gasteiger partial charge in [-0.15, -0.1) is 0 Å². The van der Waals surface area contributed by atoms with Gasteiger partial charge >= 0.3 is 0 Å². The van der Waals surface area contributed by atoms with Crippen LogP contribution in [0.2, 0.25) is 0 Å². The molecule has 34 heavy (non-hydrogen) atoms. The third-order valence-electron chi connectivity index (χ3n) is 6.19. The number of carbonyl (C=O) groups excluding carboxylic acids is 1. The van der Waals surface area contributed by atoms with Crippen molar-refractivity contribution in [1.82, 2.24) is 29.9 Å². The molecule has 5 rings (SSSR count). The molecule has 0 spiro atoms. The maximum atomic E-state index is 12.6. The van der Waals surface area contributed by atoms with Gasteiger partial charge in [0.05, 0.1) is 35.3 Å². The quantitative estimate of drug-likeness (QED) is 0.455. The van der Waals surface area contributed by atoms with Gasteiger partial charge in [-0.25, -0.2) is 19.5 Å². The van der Waals surface area contributed by atoms with E-state index in [1.54, 1.807) is 17.3 Å². The highest BCUT2D eigenvalue weighted by atomic mass is 16.2. The third kappa shape index (κ3) is 4.22. The maximum absolute atomic E-state index is 12.6. The van der Waals surface area contributed by atoms with Crippen LogP contribution in [0.5, 0.6) is 0 Å². The summed E-state index contributed by atoms with van der Waals surface area (Å²) >= 11 is 0. The van der Waals surface area contributed by atoms with Gasteiger partial charge in [-0.2, -0.15) is 5.10 Å². The molecule has 1 unspecified atom stereocenters. The highest BCUT2D eigenvalue weighted by molar-refractivity contribution is 5.97. The number of pyridine rings is 2. The van der Waals surface area contributed by atoms with Crippen molar-refractivity contribution in [1.29, 1.82) is 0 Å². The highest BCUT2D eigenvalue weighted by Crippen LogP contribution is 2.26. The lowest BCUT2D eigenvalue weighted by molar-refractivity contribution is -0.121. The summed E-state index contributed by atoms with van der Waals surface area (Å²) in [6, 6.07) is 9.59. The van der Waals surface area contributed by atoms with Crippen LogP contribution < -0.4 is 15.5 Å². The molecule has 1 aliphatic heterocycles. The minimum atomic E-state index is -0.150. The first kappa shape index (κ1) is 22.0. The molecule has 4 aromatic heterocycles. The van der Waals surface area contributed by atoms with E-state index in [1.807, 2.05) is 48.2 Å². The van der Waals surface area contributed by atoms with E-state index in [1.165, 1.54) is 5.56 Å². The molecule has 174 valence electrons. The zero-order valence-electron chi connectivity index (χ0n) is 19.6. The van der Waals surface area contributed by atoms with Crippen LogP contribution in [0.1, 0.15) is 38.2 Å². The van der Waals surface area contributed by atoms with Gasteiger partial charge < -0.3 is 10.6 Å². The molecule has 1 fully saturated rings. The minimum Gasteiger partial charge on any atom is -0.323 e. The number of likely N-dealkylation sites (N-methyl/N-ethyl adjacent to an activating group) is 1. The summed E-state index contributed by atoms with van der Waals surface area (Å²) in [6.07, 6.45) is 9.11. The van der Waals surface area contributed by atoms with E-state index in [4.69, 9.17) is 4.98 Å². The van der Waals surface area contributed by atoms with E-state index >= 15 is 0 Å². The first-order valence-corrected chi connectivity index (χ1v) is 11.6. The predicted octanol–water partition coefficient (Wildman–Crippen LogP) is 3.77. The number of nitrogens with one attached hydrogen (secondary N) is 2. The second-order valence-electron chi connectivity index (χ2n) is 8.77. The number of hydrogen-bond donors (Lipinski definition) is 2. The summed E-state index contributed by atoms with van der Waals surface area (Å²) in [5.74, 6) is 1.58. The van der Waals surface area contributed by atoms with Crippen LogP contribution in [-0.4, -0.2) is 50.1 Å². The van der Waals surface area contributed by atoms with Crippen LogP contribution in [0.25, 0.3) is 16.8 Å². The van der Waals surface area contributed by atoms with Crippen LogP contribution in [0.15, 0.2) is 55.1 Å². The molecule has 2 N–H and O–H groups in total. The monoisotopic (exact) mass is 456 g/mol. The largest absolute Gasteiger partial charge is 0.323 e. The lowest BCUT2D eigenvalue weighted by atomic mass is 10.0. The number of fused-ring (bicyclic) bond motifs is 1. The Morgan fingerprint density at radius 1 is 1.12 bits per heavy atom. The zero-order chi connectivity index (χ0) is 23.7. The van der Waals surface area contributed by atoms with E-state index < -0.39 is 0 Å². The highest BCUT2D eigenvalue weighted by Gasteiger charge is 2.29. The Kier molecular flexibility index (Phi) is 5.93. The number of anilines is 3. The van der Waals surface area contributed by atoms with Gasteiger partial charge in [0.15, 0.2) is 0 Å². The van der Waals surface area contributed by atoms with Gasteiger partial charge in [-0.05, 0) is 56.1 Å². The molecule has 1 atom stereocenters. The number of hydrogen-bond acceptors (Lipinski definition) is 7. The molecule has 0 bridgehead atoms. The van der Waals surface area contributed by atoms with Crippen LogP contribution in [0.4, 0.5) is 17.5 Å². The van der Waals surface area contributed by atoms with Crippen molar-refractivity contribution >= 4 is 28.9 Å². The number of carbonyl (C=O) groups is 1. The topological polar surface area (TPSA) is 100 Å². The Morgan fingerprint density at radius 2 is 2.00 bits per heavy atom. The lowest BCUT2D eigenvalue weighted by Gasteiger charge is -2.31. The van der Waals surface area contributed by atoms with Crippen LogP contribution >= 0.6 is 0 Å². The summed E-state index contributed by atoms with van der Waals surface area (Å²) in [7, 11) is 1.82. The Morgan fingerprint density at radius 3 is 2.76 bits per heavy atom. The van der Waals surface area contributed by atoms with Crippen LogP contribution in [0, 0.1) is 0 Å². The van der Waals surface area contributed by atoms with Crippen LogP contribution in [0.3, 0.4) is 0 Å². The van der Waals surface area contributed by atoms with Crippen molar-refractivity contribution in [2.75, 3.05) is 23.8 Å². The molecule has 0 radical (unpaired) electrons. The second-order valence-corrected chi connectivity index (χ2v) is 8.77. The first-order valence-electron chi connectivity index (χ1n) is 11.6.